The van der Waals surface area contributed by atoms with Gasteiger partial charge in [0.1, 0.15) is 0 Å². The summed E-state index contributed by atoms with van der Waals surface area (Å²) in [5, 5.41) is 2.91. The van der Waals surface area contributed by atoms with E-state index < -0.39 is 0 Å². The van der Waals surface area contributed by atoms with E-state index in [0.717, 1.165) is 11.3 Å². The zero-order valence-corrected chi connectivity index (χ0v) is 11.1. The van der Waals surface area contributed by atoms with E-state index >= 15 is 0 Å². The Morgan fingerprint density at radius 2 is 2.22 bits per heavy atom. The number of nitrogens with zero attached hydrogens (tertiary/aromatic N) is 1. The van der Waals surface area contributed by atoms with Gasteiger partial charge in [-0.05, 0) is 38.4 Å². The van der Waals surface area contributed by atoms with Gasteiger partial charge in [0.05, 0.1) is 17.9 Å². The normalized spacial score (nSPS) is 15.5. The lowest BCUT2D eigenvalue weighted by molar-refractivity contribution is -0.117. The van der Waals surface area contributed by atoms with Crippen molar-refractivity contribution in [3.05, 3.63) is 23.8 Å². The van der Waals surface area contributed by atoms with Crippen molar-refractivity contribution in [1.82, 2.24) is 4.90 Å². The van der Waals surface area contributed by atoms with Crippen LogP contribution in [0.15, 0.2) is 18.2 Å². The molecular weight excluding hydrogens is 226 g/mol. The first-order valence-corrected chi connectivity index (χ1v) is 6.43. The van der Waals surface area contributed by atoms with Crippen LogP contribution < -0.4 is 11.1 Å². The monoisotopic (exact) mass is 247 g/mol. The summed E-state index contributed by atoms with van der Waals surface area (Å²) in [4.78, 5) is 14.1. The SMILES string of the molecule is Cc1cccc(N)c1NC(=O)CN(C)C1CCC1. The average molecular weight is 247 g/mol. The van der Waals surface area contributed by atoms with Crippen LogP contribution in [0.3, 0.4) is 0 Å². The van der Waals surface area contributed by atoms with Gasteiger partial charge >= 0.3 is 0 Å². The molecule has 0 aromatic heterocycles. The molecule has 0 atom stereocenters. The Hall–Kier alpha value is -1.55. The largest absolute Gasteiger partial charge is 0.397 e. The van der Waals surface area contributed by atoms with Gasteiger partial charge in [-0.3, -0.25) is 9.69 Å². The lowest BCUT2D eigenvalue weighted by Gasteiger charge is -2.34. The number of benzene rings is 1. The Bertz CT molecular complexity index is 420. The smallest absolute Gasteiger partial charge is 0.238 e. The van der Waals surface area contributed by atoms with Gasteiger partial charge in [0, 0.05) is 6.04 Å². The number of likely N-dealkylation sites (N-methyl/N-ethyl adjacent to an activating group) is 1. The first kappa shape index (κ1) is 12.9. The highest BCUT2D eigenvalue weighted by Gasteiger charge is 2.23. The predicted octanol–water partition coefficient (Wildman–Crippen LogP) is 2.00. The fourth-order valence-corrected chi connectivity index (χ4v) is 2.22. The quantitative estimate of drug-likeness (QED) is 0.800. The molecule has 98 valence electrons. The van der Waals surface area contributed by atoms with Crippen molar-refractivity contribution >= 4 is 17.3 Å². The van der Waals surface area contributed by atoms with Crippen molar-refractivity contribution in [1.29, 1.82) is 0 Å². The molecule has 1 aromatic carbocycles. The Morgan fingerprint density at radius 3 is 2.78 bits per heavy atom. The van der Waals surface area contributed by atoms with Crippen LogP contribution in [-0.4, -0.2) is 30.4 Å². The van der Waals surface area contributed by atoms with E-state index in [1.54, 1.807) is 6.07 Å². The molecule has 0 saturated heterocycles. The third kappa shape index (κ3) is 2.82. The van der Waals surface area contributed by atoms with Crippen molar-refractivity contribution in [3.8, 4) is 0 Å². The molecule has 0 radical (unpaired) electrons. The summed E-state index contributed by atoms with van der Waals surface area (Å²) in [6.45, 7) is 2.38. The summed E-state index contributed by atoms with van der Waals surface area (Å²) >= 11 is 0. The standard InChI is InChI=1S/C14H21N3O/c1-10-5-3-8-12(15)14(10)16-13(18)9-17(2)11-6-4-7-11/h3,5,8,11H,4,6-7,9,15H2,1-2H3,(H,16,18). The second kappa shape index (κ2) is 5.40. The molecule has 3 N–H and O–H groups in total. The molecule has 2 rings (SSSR count). The molecule has 1 aliphatic rings. The number of anilines is 2. The van der Waals surface area contributed by atoms with Crippen molar-refractivity contribution in [2.24, 2.45) is 0 Å². The van der Waals surface area contributed by atoms with E-state index in [4.69, 9.17) is 5.73 Å². The van der Waals surface area contributed by atoms with Crippen LogP contribution in [0.4, 0.5) is 11.4 Å². The number of amides is 1. The van der Waals surface area contributed by atoms with Crippen LogP contribution >= 0.6 is 0 Å². The van der Waals surface area contributed by atoms with Crippen molar-refractivity contribution in [3.63, 3.8) is 0 Å². The molecule has 4 heteroatoms. The lowest BCUT2D eigenvalue weighted by Crippen LogP contribution is -2.41. The van der Waals surface area contributed by atoms with Gasteiger partial charge in [-0.15, -0.1) is 0 Å². The topological polar surface area (TPSA) is 58.4 Å². The summed E-state index contributed by atoms with van der Waals surface area (Å²) < 4.78 is 0. The van der Waals surface area contributed by atoms with E-state index in [1.807, 2.05) is 26.1 Å². The number of para-hydroxylation sites is 1. The van der Waals surface area contributed by atoms with Gasteiger partial charge in [0.25, 0.3) is 0 Å². The van der Waals surface area contributed by atoms with E-state index in [1.165, 1.54) is 19.3 Å². The summed E-state index contributed by atoms with van der Waals surface area (Å²) in [5.41, 5.74) is 8.22. The number of aryl methyl sites for hydroxylation is 1. The number of hydrogen-bond acceptors (Lipinski definition) is 3. The Morgan fingerprint density at radius 1 is 1.50 bits per heavy atom. The number of nitrogens with two attached hydrogens (primary N) is 1. The van der Waals surface area contributed by atoms with Crippen molar-refractivity contribution in [2.45, 2.75) is 32.2 Å². The molecule has 18 heavy (non-hydrogen) atoms. The van der Waals surface area contributed by atoms with Crippen LogP contribution in [-0.2, 0) is 4.79 Å². The molecular formula is C14H21N3O. The average Bonchev–Trinajstić information content (AvgIpc) is 2.21. The van der Waals surface area contributed by atoms with Crippen LogP contribution in [0, 0.1) is 6.92 Å². The number of nitrogen functional groups attached to an aromatic ring is 1. The van der Waals surface area contributed by atoms with Crippen molar-refractivity contribution < 1.29 is 4.79 Å². The molecule has 1 aromatic rings. The fraction of sp³-hybridized carbons (Fsp3) is 0.500. The van der Waals surface area contributed by atoms with Crippen LogP contribution in [0.1, 0.15) is 24.8 Å². The molecule has 0 unspecified atom stereocenters. The predicted molar refractivity (Wildman–Crippen MR) is 74.5 cm³/mol. The van der Waals surface area contributed by atoms with Gasteiger partial charge in [0.15, 0.2) is 0 Å². The van der Waals surface area contributed by atoms with Crippen molar-refractivity contribution in [2.75, 3.05) is 24.6 Å². The first-order valence-electron chi connectivity index (χ1n) is 6.43. The van der Waals surface area contributed by atoms with E-state index in [0.29, 0.717) is 18.3 Å². The highest BCUT2D eigenvalue weighted by atomic mass is 16.2. The molecule has 1 aliphatic carbocycles. The van der Waals surface area contributed by atoms with Gasteiger partial charge in [0.2, 0.25) is 5.91 Å². The van der Waals surface area contributed by atoms with Gasteiger partial charge in [-0.1, -0.05) is 18.6 Å². The zero-order valence-electron chi connectivity index (χ0n) is 11.1. The molecule has 0 spiro atoms. The van der Waals surface area contributed by atoms with Crippen LogP contribution in [0.5, 0.6) is 0 Å². The summed E-state index contributed by atoms with van der Waals surface area (Å²) in [6.07, 6.45) is 3.69. The Kier molecular flexibility index (Phi) is 3.87. The van der Waals surface area contributed by atoms with E-state index in [9.17, 15) is 4.79 Å². The van der Waals surface area contributed by atoms with Crippen LogP contribution in [0.25, 0.3) is 0 Å². The minimum absolute atomic E-state index is 0.00500. The summed E-state index contributed by atoms with van der Waals surface area (Å²) in [6, 6.07) is 6.21. The number of carbonyl (C=O) groups is 1. The Balaban J connectivity index is 1.94. The maximum atomic E-state index is 12.0. The maximum absolute atomic E-state index is 12.0. The fourth-order valence-electron chi connectivity index (χ4n) is 2.22. The highest BCUT2D eigenvalue weighted by molar-refractivity contribution is 5.96. The number of carbonyl (C=O) groups excluding carboxylic acids is 1. The van der Waals surface area contributed by atoms with E-state index in [2.05, 4.69) is 10.2 Å². The molecule has 0 bridgehead atoms. The molecule has 1 saturated carbocycles. The number of hydrogen-bond donors (Lipinski definition) is 2. The minimum Gasteiger partial charge on any atom is -0.397 e. The summed E-state index contributed by atoms with van der Waals surface area (Å²) in [7, 11) is 2.00. The second-order valence-electron chi connectivity index (χ2n) is 5.09. The molecule has 1 fully saturated rings. The lowest BCUT2D eigenvalue weighted by atomic mass is 9.92. The highest BCUT2D eigenvalue weighted by Crippen LogP contribution is 2.24. The van der Waals surface area contributed by atoms with Gasteiger partial charge in [-0.25, -0.2) is 0 Å². The number of rotatable bonds is 4. The van der Waals surface area contributed by atoms with Crippen LogP contribution in [0.2, 0.25) is 0 Å². The second-order valence-corrected chi connectivity index (χ2v) is 5.09. The summed E-state index contributed by atoms with van der Waals surface area (Å²) in [5.74, 6) is 0.00500. The third-order valence-corrected chi connectivity index (χ3v) is 3.66. The first-order chi connectivity index (χ1) is 8.58. The molecule has 0 heterocycles. The minimum atomic E-state index is 0.00500. The van der Waals surface area contributed by atoms with Gasteiger partial charge in [-0.2, -0.15) is 0 Å². The Labute approximate surface area is 108 Å². The number of nitrogens with one attached hydrogen (secondary N) is 1. The van der Waals surface area contributed by atoms with E-state index in [-0.39, 0.29) is 5.91 Å². The molecule has 4 nitrogen and oxygen atoms in total. The van der Waals surface area contributed by atoms with Gasteiger partial charge < -0.3 is 11.1 Å². The third-order valence-electron chi connectivity index (χ3n) is 3.66. The zero-order chi connectivity index (χ0) is 13.1. The molecule has 1 amide bonds. The maximum Gasteiger partial charge on any atom is 0.238 e. The molecule has 0 aliphatic heterocycles.